The molecule has 8 heteroatoms. The molecule has 0 saturated carbocycles. The zero-order valence-electron chi connectivity index (χ0n) is 18.7. The molecule has 1 saturated heterocycles. The van der Waals surface area contributed by atoms with Crippen LogP contribution in [0.2, 0.25) is 0 Å². The zero-order valence-corrected chi connectivity index (χ0v) is 20.4. The van der Waals surface area contributed by atoms with Gasteiger partial charge in [0.05, 0.1) is 0 Å². The Labute approximate surface area is 203 Å². The minimum Gasteiger partial charge on any atom is -0.491 e. The molecular weight excluding hydrogens is 451 g/mol. The number of halogens is 2. The number of nitrogens with zero attached hydrogens (tertiary/aromatic N) is 2. The van der Waals surface area contributed by atoms with Crippen molar-refractivity contribution < 1.29 is 19.3 Å². The van der Waals surface area contributed by atoms with Crippen LogP contribution < -0.4 is 14.2 Å². The van der Waals surface area contributed by atoms with Crippen LogP contribution in [0.25, 0.3) is 0 Å². The highest BCUT2D eigenvalue weighted by atomic mass is 35.5. The highest BCUT2D eigenvalue weighted by molar-refractivity contribution is 5.85. The van der Waals surface area contributed by atoms with Crippen LogP contribution in [0, 0.1) is 0 Å². The molecule has 2 aromatic carbocycles. The summed E-state index contributed by atoms with van der Waals surface area (Å²) in [5.74, 6) is 2.99. The monoisotopic (exact) mass is 484 g/mol. The molecule has 0 aromatic heterocycles. The van der Waals surface area contributed by atoms with Gasteiger partial charge in [0.2, 0.25) is 6.79 Å². The fraction of sp³-hybridized carbons (Fsp3) is 0.500. The van der Waals surface area contributed by atoms with E-state index in [0.717, 1.165) is 50.0 Å². The van der Waals surface area contributed by atoms with Crippen LogP contribution in [0.3, 0.4) is 0 Å². The van der Waals surface area contributed by atoms with Crippen molar-refractivity contribution in [3.63, 3.8) is 0 Å². The van der Waals surface area contributed by atoms with E-state index in [1.165, 1.54) is 11.1 Å². The second-order valence-electron chi connectivity index (χ2n) is 8.45. The van der Waals surface area contributed by atoms with E-state index in [1.807, 2.05) is 18.2 Å². The Morgan fingerprint density at radius 3 is 2.25 bits per heavy atom. The summed E-state index contributed by atoms with van der Waals surface area (Å²) in [6, 6.07) is 14.3. The molecule has 1 atom stereocenters. The van der Waals surface area contributed by atoms with Gasteiger partial charge in [-0.05, 0) is 41.3 Å². The Hall–Kier alpha value is -1.70. The second kappa shape index (κ2) is 12.5. The standard InChI is InChI=1S/C24H32N2O4.2ClH/c1-18(2)20-4-6-22(7-5-20)28-16-21(27)15-26-11-9-25(10-12-26)14-19-3-8-23-24(13-19)30-17-29-23;;/h3-8,13,18,21,27H,9-12,14-17H2,1-2H3;2*1H. The summed E-state index contributed by atoms with van der Waals surface area (Å²) in [5.41, 5.74) is 2.53. The van der Waals surface area contributed by atoms with Crippen LogP contribution in [-0.4, -0.2) is 67.1 Å². The molecule has 0 aliphatic carbocycles. The number of aliphatic hydroxyl groups is 1. The number of ether oxygens (including phenoxy) is 3. The third-order valence-electron chi connectivity index (χ3n) is 5.77. The van der Waals surface area contributed by atoms with Gasteiger partial charge in [-0.15, -0.1) is 24.8 Å². The molecule has 1 unspecified atom stereocenters. The minimum absolute atomic E-state index is 0. The van der Waals surface area contributed by atoms with Gasteiger partial charge in [-0.1, -0.05) is 32.0 Å². The number of benzene rings is 2. The maximum Gasteiger partial charge on any atom is 0.231 e. The molecule has 32 heavy (non-hydrogen) atoms. The average Bonchev–Trinajstić information content (AvgIpc) is 3.22. The lowest BCUT2D eigenvalue weighted by molar-refractivity contribution is 0.0446. The van der Waals surface area contributed by atoms with Crippen molar-refractivity contribution in [2.24, 2.45) is 0 Å². The van der Waals surface area contributed by atoms with Gasteiger partial charge >= 0.3 is 0 Å². The molecule has 2 aliphatic rings. The van der Waals surface area contributed by atoms with Crippen molar-refractivity contribution in [2.75, 3.05) is 46.1 Å². The van der Waals surface area contributed by atoms with E-state index in [1.54, 1.807) is 0 Å². The van der Waals surface area contributed by atoms with Gasteiger partial charge < -0.3 is 19.3 Å². The van der Waals surface area contributed by atoms with E-state index in [9.17, 15) is 5.11 Å². The quantitative estimate of drug-likeness (QED) is 0.612. The second-order valence-corrected chi connectivity index (χ2v) is 8.45. The lowest BCUT2D eigenvalue weighted by atomic mass is 10.0. The summed E-state index contributed by atoms with van der Waals surface area (Å²) in [6.45, 7) is 10.4. The average molecular weight is 485 g/mol. The summed E-state index contributed by atoms with van der Waals surface area (Å²) in [5, 5.41) is 10.4. The van der Waals surface area contributed by atoms with Crippen molar-refractivity contribution in [3.8, 4) is 17.2 Å². The normalized spacial score (nSPS) is 16.9. The van der Waals surface area contributed by atoms with Crippen molar-refractivity contribution in [2.45, 2.75) is 32.4 Å². The van der Waals surface area contributed by atoms with Crippen LogP contribution >= 0.6 is 24.8 Å². The van der Waals surface area contributed by atoms with Crippen molar-refractivity contribution in [3.05, 3.63) is 53.6 Å². The van der Waals surface area contributed by atoms with Gasteiger partial charge in [-0.3, -0.25) is 9.80 Å². The van der Waals surface area contributed by atoms with Gasteiger partial charge in [-0.25, -0.2) is 0 Å². The van der Waals surface area contributed by atoms with E-state index >= 15 is 0 Å². The lowest BCUT2D eigenvalue weighted by Crippen LogP contribution is -2.48. The molecule has 6 nitrogen and oxygen atoms in total. The topological polar surface area (TPSA) is 54.4 Å². The van der Waals surface area contributed by atoms with Gasteiger partial charge in [0, 0.05) is 39.3 Å². The number of fused-ring (bicyclic) bond motifs is 1. The highest BCUT2D eigenvalue weighted by Gasteiger charge is 2.21. The Morgan fingerprint density at radius 2 is 1.56 bits per heavy atom. The summed E-state index contributed by atoms with van der Waals surface area (Å²) in [6.07, 6.45) is -0.491. The van der Waals surface area contributed by atoms with E-state index in [2.05, 4.69) is 47.9 Å². The molecule has 2 aliphatic heterocycles. The van der Waals surface area contributed by atoms with Gasteiger partial charge in [0.25, 0.3) is 0 Å². The molecule has 1 N–H and O–H groups in total. The van der Waals surface area contributed by atoms with Crippen molar-refractivity contribution in [1.82, 2.24) is 9.80 Å². The first kappa shape index (κ1) is 26.6. The van der Waals surface area contributed by atoms with Crippen LogP contribution in [0.15, 0.2) is 42.5 Å². The van der Waals surface area contributed by atoms with Crippen molar-refractivity contribution >= 4 is 24.8 Å². The molecule has 1 fully saturated rings. The molecular formula is C24H34Cl2N2O4. The predicted molar refractivity (Wildman–Crippen MR) is 131 cm³/mol. The van der Waals surface area contributed by atoms with E-state index in [4.69, 9.17) is 14.2 Å². The highest BCUT2D eigenvalue weighted by Crippen LogP contribution is 2.32. The fourth-order valence-corrected chi connectivity index (χ4v) is 3.92. The Balaban J connectivity index is 0.00000181. The van der Waals surface area contributed by atoms with Gasteiger partial charge in [-0.2, -0.15) is 0 Å². The number of hydrogen-bond acceptors (Lipinski definition) is 6. The SMILES string of the molecule is CC(C)c1ccc(OCC(O)CN2CCN(Cc3ccc4c(c3)OCO4)CC2)cc1.Cl.Cl. The first-order valence-corrected chi connectivity index (χ1v) is 10.8. The van der Waals surface area contributed by atoms with Crippen molar-refractivity contribution in [1.29, 1.82) is 0 Å². The summed E-state index contributed by atoms with van der Waals surface area (Å²) < 4.78 is 16.6. The molecule has 2 heterocycles. The molecule has 0 amide bonds. The molecule has 4 rings (SSSR count). The molecule has 2 aromatic rings. The summed E-state index contributed by atoms with van der Waals surface area (Å²) in [4.78, 5) is 4.75. The number of rotatable bonds is 8. The third-order valence-corrected chi connectivity index (χ3v) is 5.77. The van der Waals surface area contributed by atoms with Gasteiger partial charge in [0.1, 0.15) is 18.5 Å². The predicted octanol–water partition coefficient (Wildman–Crippen LogP) is 3.94. The minimum atomic E-state index is -0.491. The molecule has 0 radical (unpaired) electrons. The maximum absolute atomic E-state index is 10.4. The van der Waals surface area contributed by atoms with E-state index in [0.29, 0.717) is 25.9 Å². The van der Waals surface area contributed by atoms with E-state index < -0.39 is 6.10 Å². The number of β-amino-alcohol motifs (C(OH)–C–C–N with tert-alkyl or cyclic N) is 1. The first-order valence-electron chi connectivity index (χ1n) is 10.8. The molecule has 178 valence electrons. The first-order chi connectivity index (χ1) is 14.6. The van der Waals surface area contributed by atoms with E-state index in [-0.39, 0.29) is 24.8 Å². The fourth-order valence-electron chi connectivity index (χ4n) is 3.92. The van der Waals surface area contributed by atoms with Crippen LogP contribution in [0.1, 0.15) is 30.9 Å². The number of aliphatic hydroxyl groups excluding tert-OH is 1. The van der Waals surface area contributed by atoms with Crippen LogP contribution in [0.4, 0.5) is 0 Å². The van der Waals surface area contributed by atoms with Gasteiger partial charge in [0.15, 0.2) is 11.5 Å². The van der Waals surface area contributed by atoms with Crippen LogP contribution in [-0.2, 0) is 6.54 Å². The maximum atomic E-state index is 10.4. The number of hydrogen-bond donors (Lipinski definition) is 1. The lowest BCUT2D eigenvalue weighted by Gasteiger charge is -2.35. The molecule has 0 bridgehead atoms. The Kier molecular flexibility index (Phi) is 10.4. The zero-order chi connectivity index (χ0) is 20.9. The Morgan fingerprint density at radius 1 is 0.906 bits per heavy atom. The summed E-state index contributed by atoms with van der Waals surface area (Å²) in [7, 11) is 0. The smallest absolute Gasteiger partial charge is 0.231 e. The Bertz CT molecular complexity index is 827. The largest absolute Gasteiger partial charge is 0.491 e. The molecule has 0 spiro atoms. The third kappa shape index (κ3) is 7.15. The summed E-state index contributed by atoms with van der Waals surface area (Å²) >= 11 is 0. The number of piperazine rings is 1. The van der Waals surface area contributed by atoms with Crippen LogP contribution in [0.5, 0.6) is 17.2 Å².